The summed E-state index contributed by atoms with van der Waals surface area (Å²) in [5.41, 5.74) is 1.47. The van der Waals surface area contributed by atoms with E-state index in [2.05, 4.69) is 6.58 Å². The minimum absolute atomic E-state index is 0.471. The summed E-state index contributed by atoms with van der Waals surface area (Å²) in [4.78, 5) is 0. The number of hydrogen-bond acceptors (Lipinski definition) is 2. The predicted octanol–water partition coefficient (Wildman–Crippen LogP) is 3.30. The van der Waals surface area contributed by atoms with Gasteiger partial charge in [0.2, 0.25) is 0 Å². The van der Waals surface area contributed by atoms with Crippen LogP contribution in [0.4, 0.5) is 0 Å². The fourth-order valence-electron chi connectivity index (χ4n) is 1.08. The minimum Gasteiger partial charge on any atom is -0.376 e. The standard InChI is InChI=1S/C12H12ClNO/c1-2-3-6-15-9-11-5-4-10(8-14)7-12(11)13/h2,4-5,7H,1,3,6,9H2. The Morgan fingerprint density at radius 1 is 1.53 bits per heavy atom. The van der Waals surface area contributed by atoms with Gasteiger partial charge in [0.05, 0.1) is 24.8 Å². The number of nitriles is 1. The second kappa shape index (κ2) is 6.23. The third-order valence-corrected chi connectivity index (χ3v) is 2.26. The molecule has 0 spiro atoms. The Hall–Kier alpha value is -1.30. The van der Waals surface area contributed by atoms with Crippen LogP contribution in [0.5, 0.6) is 0 Å². The lowest BCUT2D eigenvalue weighted by Crippen LogP contribution is -1.95. The van der Waals surface area contributed by atoms with Crippen molar-refractivity contribution in [1.29, 1.82) is 5.26 Å². The summed E-state index contributed by atoms with van der Waals surface area (Å²) < 4.78 is 5.38. The van der Waals surface area contributed by atoms with Crippen molar-refractivity contribution in [3.05, 3.63) is 47.0 Å². The Labute approximate surface area is 94.7 Å². The fourth-order valence-corrected chi connectivity index (χ4v) is 1.32. The van der Waals surface area contributed by atoms with Crippen LogP contribution in [0, 0.1) is 11.3 Å². The Morgan fingerprint density at radius 2 is 2.33 bits per heavy atom. The van der Waals surface area contributed by atoms with Crippen molar-refractivity contribution < 1.29 is 4.74 Å². The van der Waals surface area contributed by atoms with E-state index in [0.29, 0.717) is 23.8 Å². The Bertz CT molecular complexity index is 382. The lowest BCUT2D eigenvalue weighted by Gasteiger charge is -2.05. The zero-order chi connectivity index (χ0) is 11.1. The highest BCUT2D eigenvalue weighted by Gasteiger charge is 2.01. The number of hydrogen-bond donors (Lipinski definition) is 0. The smallest absolute Gasteiger partial charge is 0.0992 e. The molecule has 0 aliphatic heterocycles. The van der Waals surface area contributed by atoms with Gasteiger partial charge in [-0.3, -0.25) is 0 Å². The first-order chi connectivity index (χ1) is 7.27. The van der Waals surface area contributed by atoms with Crippen molar-refractivity contribution >= 4 is 11.6 Å². The summed E-state index contributed by atoms with van der Waals surface area (Å²) >= 11 is 5.97. The molecule has 0 aliphatic rings. The van der Waals surface area contributed by atoms with Crippen LogP contribution in [-0.4, -0.2) is 6.61 Å². The van der Waals surface area contributed by atoms with Crippen LogP contribution in [0.15, 0.2) is 30.9 Å². The van der Waals surface area contributed by atoms with Gasteiger partial charge >= 0.3 is 0 Å². The molecule has 2 nitrogen and oxygen atoms in total. The molecule has 0 aromatic heterocycles. The monoisotopic (exact) mass is 221 g/mol. The van der Waals surface area contributed by atoms with E-state index in [4.69, 9.17) is 21.6 Å². The molecule has 0 radical (unpaired) electrons. The van der Waals surface area contributed by atoms with Gasteiger partial charge in [-0.05, 0) is 24.1 Å². The summed E-state index contributed by atoms with van der Waals surface area (Å²) in [6, 6.07) is 7.23. The zero-order valence-corrected chi connectivity index (χ0v) is 9.13. The summed E-state index contributed by atoms with van der Waals surface area (Å²) in [6.45, 7) is 4.71. The Morgan fingerprint density at radius 3 is 2.93 bits per heavy atom. The Kier molecular flexibility index (Phi) is 4.89. The van der Waals surface area contributed by atoms with E-state index in [1.165, 1.54) is 0 Å². The summed E-state index contributed by atoms with van der Waals surface area (Å²) in [7, 11) is 0. The molecule has 0 fully saturated rings. The van der Waals surface area contributed by atoms with Crippen molar-refractivity contribution in [2.75, 3.05) is 6.61 Å². The van der Waals surface area contributed by atoms with E-state index < -0.39 is 0 Å². The molecule has 0 saturated carbocycles. The third kappa shape index (κ3) is 3.75. The molecule has 1 aromatic carbocycles. The maximum absolute atomic E-state index is 8.65. The second-order valence-electron chi connectivity index (χ2n) is 3.05. The molecule has 0 heterocycles. The molecule has 0 N–H and O–H groups in total. The summed E-state index contributed by atoms with van der Waals surface area (Å²) in [5, 5.41) is 9.22. The van der Waals surface area contributed by atoms with Crippen LogP contribution >= 0.6 is 11.6 Å². The lowest BCUT2D eigenvalue weighted by molar-refractivity contribution is 0.125. The van der Waals surface area contributed by atoms with Gasteiger partial charge in [-0.15, -0.1) is 6.58 Å². The van der Waals surface area contributed by atoms with Crippen LogP contribution < -0.4 is 0 Å². The topological polar surface area (TPSA) is 33.0 Å². The SMILES string of the molecule is C=CCCOCc1ccc(C#N)cc1Cl. The van der Waals surface area contributed by atoms with Gasteiger partial charge in [0.1, 0.15) is 0 Å². The van der Waals surface area contributed by atoms with Crippen LogP contribution in [0.3, 0.4) is 0 Å². The molecule has 1 rings (SSSR count). The molecule has 0 amide bonds. The highest BCUT2D eigenvalue weighted by Crippen LogP contribution is 2.18. The first-order valence-corrected chi connectivity index (χ1v) is 5.03. The maximum Gasteiger partial charge on any atom is 0.0992 e. The molecule has 0 unspecified atom stereocenters. The van der Waals surface area contributed by atoms with Crippen LogP contribution in [-0.2, 0) is 11.3 Å². The van der Waals surface area contributed by atoms with Gasteiger partial charge in [-0.1, -0.05) is 23.7 Å². The quantitative estimate of drug-likeness (QED) is 0.565. The number of benzene rings is 1. The van der Waals surface area contributed by atoms with Gasteiger partial charge < -0.3 is 4.74 Å². The maximum atomic E-state index is 8.65. The van der Waals surface area contributed by atoms with Crippen molar-refractivity contribution in [2.45, 2.75) is 13.0 Å². The number of nitrogens with zero attached hydrogens (tertiary/aromatic N) is 1. The molecule has 3 heteroatoms. The van der Waals surface area contributed by atoms with Gasteiger partial charge in [-0.25, -0.2) is 0 Å². The molecule has 0 aliphatic carbocycles. The van der Waals surface area contributed by atoms with Gasteiger partial charge in [0.15, 0.2) is 0 Å². The molecule has 15 heavy (non-hydrogen) atoms. The van der Waals surface area contributed by atoms with Crippen LogP contribution in [0.1, 0.15) is 17.5 Å². The lowest BCUT2D eigenvalue weighted by atomic mass is 10.1. The summed E-state index contributed by atoms with van der Waals surface area (Å²) in [6.07, 6.45) is 2.63. The molecule has 0 bridgehead atoms. The first-order valence-electron chi connectivity index (χ1n) is 4.65. The van der Waals surface area contributed by atoms with E-state index in [0.717, 1.165) is 12.0 Å². The van der Waals surface area contributed by atoms with Gasteiger partial charge in [0.25, 0.3) is 0 Å². The van der Waals surface area contributed by atoms with Gasteiger partial charge in [-0.2, -0.15) is 5.26 Å². The normalized spacial score (nSPS) is 9.60. The van der Waals surface area contributed by atoms with Crippen LogP contribution in [0.25, 0.3) is 0 Å². The van der Waals surface area contributed by atoms with E-state index >= 15 is 0 Å². The van der Waals surface area contributed by atoms with Crippen molar-refractivity contribution in [3.63, 3.8) is 0 Å². The Balaban J connectivity index is 2.55. The highest BCUT2D eigenvalue weighted by molar-refractivity contribution is 6.31. The number of halogens is 1. The summed E-state index contributed by atoms with van der Waals surface area (Å²) in [5.74, 6) is 0. The molecule has 78 valence electrons. The third-order valence-electron chi connectivity index (χ3n) is 1.91. The molecular formula is C12H12ClNO. The number of rotatable bonds is 5. The van der Waals surface area contributed by atoms with Crippen molar-refractivity contribution in [2.24, 2.45) is 0 Å². The first kappa shape index (κ1) is 11.8. The van der Waals surface area contributed by atoms with Crippen LogP contribution in [0.2, 0.25) is 5.02 Å². The average molecular weight is 222 g/mol. The number of ether oxygens (including phenoxy) is 1. The minimum atomic E-state index is 0.471. The van der Waals surface area contributed by atoms with Crippen molar-refractivity contribution in [1.82, 2.24) is 0 Å². The largest absolute Gasteiger partial charge is 0.376 e. The van der Waals surface area contributed by atoms with E-state index in [9.17, 15) is 0 Å². The average Bonchev–Trinajstić information content (AvgIpc) is 2.26. The molecule has 1 aromatic rings. The highest BCUT2D eigenvalue weighted by atomic mass is 35.5. The molecule has 0 saturated heterocycles. The predicted molar refractivity (Wildman–Crippen MR) is 60.6 cm³/mol. The van der Waals surface area contributed by atoms with Crippen molar-refractivity contribution in [3.8, 4) is 6.07 Å². The fraction of sp³-hybridized carbons (Fsp3) is 0.250. The molecular weight excluding hydrogens is 210 g/mol. The second-order valence-corrected chi connectivity index (χ2v) is 3.46. The zero-order valence-electron chi connectivity index (χ0n) is 8.37. The molecule has 0 atom stereocenters. The van der Waals surface area contributed by atoms with E-state index in [1.54, 1.807) is 18.2 Å². The van der Waals surface area contributed by atoms with E-state index in [-0.39, 0.29) is 0 Å². The van der Waals surface area contributed by atoms with E-state index in [1.807, 2.05) is 12.1 Å². The van der Waals surface area contributed by atoms with Gasteiger partial charge in [0, 0.05) is 5.02 Å².